The lowest BCUT2D eigenvalue weighted by atomic mass is 9.93. The van der Waals surface area contributed by atoms with Crippen molar-refractivity contribution < 1.29 is 14.0 Å². The van der Waals surface area contributed by atoms with Crippen molar-refractivity contribution in [1.82, 2.24) is 10.5 Å². The highest BCUT2D eigenvalue weighted by atomic mass is 35.5. The van der Waals surface area contributed by atoms with E-state index in [0.717, 1.165) is 6.54 Å². The monoisotopic (exact) mass is 296 g/mol. The first-order valence-electron chi connectivity index (χ1n) is 6.46. The Kier molecular flexibility index (Phi) is 3.74. The lowest BCUT2D eigenvalue weighted by Gasteiger charge is -2.25. The number of rotatable bonds is 2. The van der Waals surface area contributed by atoms with Crippen LogP contribution in [0.5, 0.6) is 0 Å². The van der Waals surface area contributed by atoms with E-state index >= 15 is 0 Å². The molecule has 2 N–H and O–H groups in total. The van der Waals surface area contributed by atoms with Crippen molar-refractivity contribution in [1.29, 1.82) is 0 Å². The van der Waals surface area contributed by atoms with Gasteiger partial charge in [0.05, 0.1) is 17.0 Å². The molecule has 0 aliphatic carbocycles. The van der Waals surface area contributed by atoms with Crippen LogP contribution in [-0.4, -0.2) is 29.5 Å². The van der Waals surface area contributed by atoms with Crippen molar-refractivity contribution >= 4 is 11.6 Å². The molecular weight excluding hydrogens is 283 g/mol. The number of halogens is 2. The van der Waals surface area contributed by atoms with Crippen LogP contribution in [0.3, 0.4) is 0 Å². The molecule has 1 aromatic heterocycles. The Hall–Kier alpha value is -1.43. The van der Waals surface area contributed by atoms with E-state index in [9.17, 15) is 9.50 Å². The van der Waals surface area contributed by atoms with Crippen LogP contribution >= 0.6 is 11.6 Å². The molecule has 6 heteroatoms. The SMILES string of the molecule is O[C@@H]1CCNC[C@@H]1c1cc(-c2ccc(F)cc2Cl)no1. The molecule has 1 saturated heterocycles. The third kappa shape index (κ3) is 2.57. The highest BCUT2D eigenvalue weighted by Gasteiger charge is 2.28. The van der Waals surface area contributed by atoms with E-state index in [0.29, 0.717) is 30.0 Å². The smallest absolute Gasteiger partial charge is 0.144 e. The third-order valence-corrected chi connectivity index (χ3v) is 3.86. The molecule has 1 aliphatic heterocycles. The van der Waals surface area contributed by atoms with Gasteiger partial charge in [-0.3, -0.25) is 0 Å². The number of aliphatic hydroxyl groups excluding tert-OH is 1. The summed E-state index contributed by atoms with van der Waals surface area (Å²) in [5.41, 5.74) is 1.16. The van der Waals surface area contributed by atoms with Crippen molar-refractivity contribution in [3.63, 3.8) is 0 Å². The molecule has 0 unspecified atom stereocenters. The van der Waals surface area contributed by atoms with Crippen molar-refractivity contribution in [3.8, 4) is 11.3 Å². The first-order chi connectivity index (χ1) is 9.65. The number of hydrogen-bond donors (Lipinski definition) is 2. The molecule has 0 radical (unpaired) electrons. The summed E-state index contributed by atoms with van der Waals surface area (Å²) in [5.74, 6) is 0.0960. The van der Waals surface area contributed by atoms with Crippen molar-refractivity contribution in [3.05, 3.63) is 40.9 Å². The van der Waals surface area contributed by atoms with E-state index in [4.69, 9.17) is 16.1 Å². The summed E-state index contributed by atoms with van der Waals surface area (Å²) < 4.78 is 18.4. The fourth-order valence-electron chi connectivity index (χ4n) is 2.42. The summed E-state index contributed by atoms with van der Waals surface area (Å²) in [6.45, 7) is 1.44. The number of nitrogens with one attached hydrogen (secondary N) is 1. The molecule has 0 amide bonds. The third-order valence-electron chi connectivity index (χ3n) is 3.55. The lowest BCUT2D eigenvalue weighted by molar-refractivity contribution is 0.101. The minimum Gasteiger partial charge on any atom is -0.392 e. The first-order valence-corrected chi connectivity index (χ1v) is 6.84. The summed E-state index contributed by atoms with van der Waals surface area (Å²) in [5, 5.41) is 17.4. The van der Waals surface area contributed by atoms with Crippen molar-refractivity contribution in [2.75, 3.05) is 13.1 Å². The molecule has 0 saturated carbocycles. The lowest BCUT2D eigenvalue weighted by Crippen LogP contribution is -2.38. The molecule has 1 aliphatic rings. The number of nitrogens with zero attached hydrogens (tertiary/aromatic N) is 1. The highest BCUT2D eigenvalue weighted by Crippen LogP contribution is 2.31. The molecule has 1 fully saturated rings. The van der Waals surface area contributed by atoms with E-state index in [-0.39, 0.29) is 10.9 Å². The van der Waals surface area contributed by atoms with Gasteiger partial charge in [-0.05, 0) is 31.2 Å². The fraction of sp³-hybridized carbons (Fsp3) is 0.357. The van der Waals surface area contributed by atoms with Crippen LogP contribution in [0.25, 0.3) is 11.3 Å². The van der Waals surface area contributed by atoms with Crippen LogP contribution in [0.1, 0.15) is 18.1 Å². The molecule has 2 heterocycles. The molecule has 106 valence electrons. The van der Waals surface area contributed by atoms with Gasteiger partial charge in [0.25, 0.3) is 0 Å². The minimum absolute atomic E-state index is 0.121. The molecular formula is C14H14ClFN2O2. The van der Waals surface area contributed by atoms with Gasteiger partial charge in [-0.1, -0.05) is 16.8 Å². The fourth-order valence-corrected chi connectivity index (χ4v) is 2.69. The van der Waals surface area contributed by atoms with Gasteiger partial charge in [-0.15, -0.1) is 0 Å². The largest absolute Gasteiger partial charge is 0.392 e. The topological polar surface area (TPSA) is 58.3 Å². The molecule has 2 aromatic rings. The van der Waals surface area contributed by atoms with Gasteiger partial charge in [0.15, 0.2) is 0 Å². The Labute approximate surface area is 120 Å². The second-order valence-corrected chi connectivity index (χ2v) is 5.31. The van der Waals surface area contributed by atoms with Crippen LogP contribution in [0, 0.1) is 5.82 Å². The zero-order chi connectivity index (χ0) is 14.1. The molecule has 3 rings (SSSR count). The standard InChI is InChI=1S/C14H14ClFN2O2/c15-11-5-8(16)1-2-9(11)12-6-14(20-18-12)10-7-17-4-3-13(10)19/h1-2,5-6,10,13,17,19H,3-4,7H2/t10-,13+/m0/s1. The second-order valence-electron chi connectivity index (χ2n) is 4.91. The van der Waals surface area contributed by atoms with Crippen LogP contribution in [0.15, 0.2) is 28.8 Å². The number of aliphatic hydroxyl groups is 1. The Morgan fingerprint density at radius 3 is 3.00 bits per heavy atom. The zero-order valence-electron chi connectivity index (χ0n) is 10.6. The number of piperidine rings is 1. The van der Waals surface area contributed by atoms with Gasteiger partial charge in [-0.25, -0.2) is 4.39 Å². The van der Waals surface area contributed by atoms with E-state index in [1.54, 1.807) is 12.1 Å². The maximum absolute atomic E-state index is 13.0. The van der Waals surface area contributed by atoms with E-state index in [1.165, 1.54) is 12.1 Å². The molecule has 0 bridgehead atoms. The van der Waals surface area contributed by atoms with Crippen molar-refractivity contribution in [2.45, 2.75) is 18.4 Å². The Bertz CT molecular complexity index is 617. The van der Waals surface area contributed by atoms with Gasteiger partial charge < -0.3 is 14.9 Å². The summed E-state index contributed by atoms with van der Waals surface area (Å²) >= 11 is 6.00. The molecule has 1 aromatic carbocycles. The summed E-state index contributed by atoms with van der Waals surface area (Å²) in [6.07, 6.45) is 0.235. The quantitative estimate of drug-likeness (QED) is 0.894. The maximum Gasteiger partial charge on any atom is 0.144 e. The average Bonchev–Trinajstić information content (AvgIpc) is 2.88. The Balaban J connectivity index is 1.89. The normalized spacial score (nSPS) is 22.9. The number of aromatic nitrogens is 1. The van der Waals surface area contributed by atoms with E-state index in [1.807, 2.05) is 0 Å². The van der Waals surface area contributed by atoms with Gasteiger partial charge in [-0.2, -0.15) is 0 Å². The van der Waals surface area contributed by atoms with E-state index < -0.39 is 11.9 Å². The van der Waals surface area contributed by atoms with Gasteiger partial charge >= 0.3 is 0 Å². The Morgan fingerprint density at radius 1 is 1.40 bits per heavy atom. The molecule has 2 atom stereocenters. The molecule has 0 spiro atoms. The van der Waals surface area contributed by atoms with E-state index in [2.05, 4.69) is 10.5 Å². The number of benzene rings is 1. The van der Waals surface area contributed by atoms with Crippen molar-refractivity contribution in [2.24, 2.45) is 0 Å². The predicted molar refractivity (Wildman–Crippen MR) is 73.1 cm³/mol. The van der Waals surface area contributed by atoms with Crippen LogP contribution in [0.4, 0.5) is 4.39 Å². The number of hydrogen-bond acceptors (Lipinski definition) is 4. The predicted octanol–water partition coefficient (Wildman–Crippen LogP) is 2.57. The molecule has 4 nitrogen and oxygen atoms in total. The zero-order valence-corrected chi connectivity index (χ0v) is 11.4. The summed E-state index contributed by atoms with van der Waals surface area (Å²) in [6, 6.07) is 5.88. The first kappa shape index (κ1) is 13.5. The second kappa shape index (κ2) is 5.52. The van der Waals surface area contributed by atoms with Crippen LogP contribution in [0.2, 0.25) is 5.02 Å². The summed E-state index contributed by atoms with van der Waals surface area (Å²) in [4.78, 5) is 0. The maximum atomic E-state index is 13.0. The average molecular weight is 297 g/mol. The van der Waals surface area contributed by atoms with Crippen LogP contribution < -0.4 is 5.32 Å². The van der Waals surface area contributed by atoms with Crippen LogP contribution in [-0.2, 0) is 0 Å². The molecule has 20 heavy (non-hydrogen) atoms. The Morgan fingerprint density at radius 2 is 2.25 bits per heavy atom. The van der Waals surface area contributed by atoms with Gasteiger partial charge in [0.1, 0.15) is 17.3 Å². The van der Waals surface area contributed by atoms with Gasteiger partial charge in [0.2, 0.25) is 0 Å². The van der Waals surface area contributed by atoms with Gasteiger partial charge in [0, 0.05) is 18.2 Å². The summed E-state index contributed by atoms with van der Waals surface area (Å²) in [7, 11) is 0. The minimum atomic E-state index is -0.444. The highest BCUT2D eigenvalue weighted by molar-refractivity contribution is 6.33.